The van der Waals surface area contributed by atoms with Crippen LogP contribution in [-0.2, 0) is 6.54 Å². The molecule has 1 atom stereocenters. The number of hydrogen-bond acceptors (Lipinski definition) is 4. The fourth-order valence-corrected chi connectivity index (χ4v) is 1.84. The third-order valence-corrected chi connectivity index (χ3v) is 3.32. The highest BCUT2D eigenvalue weighted by Crippen LogP contribution is 2.16. The Labute approximate surface area is 111 Å². The number of pyridine rings is 1. The van der Waals surface area contributed by atoms with Crippen molar-refractivity contribution in [1.82, 2.24) is 24.6 Å². The van der Waals surface area contributed by atoms with Crippen molar-refractivity contribution in [3.63, 3.8) is 0 Å². The highest BCUT2D eigenvalue weighted by molar-refractivity contribution is 7.71. The van der Waals surface area contributed by atoms with E-state index in [-0.39, 0.29) is 0 Å². The molecule has 0 bridgehead atoms. The molecule has 0 aliphatic rings. The minimum absolute atomic E-state index is 0.379. The summed E-state index contributed by atoms with van der Waals surface area (Å²) in [5, 5.41) is 7.14. The Morgan fingerprint density at radius 1 is 1.50 bits per heavy atom. The Hall–Kier alpha value is -1.53. The van der Waals surface area contributed by atoms with Crippen molar-refractivity contribution in [3.05, 3.63) is 29.3 Å². The van der Waals surface area contributed by atoms with Gasteiger partial charge in [0, 0.05) is 30.5 Å². The third kappa shape index (κ3) is 2.65. The van der Waals surface area contributed by atoms with Crippen LogP contribution in [0, 0.1) is 4.77 Å². The molecule has 2 aromatic heterocycles. The highest BCUT2D eigenvalue weighted by atomic mass is 32.1. The second kappa shape index (κ2) is 5.41. The van der Waals surface area contributed by atoms with E-state index in [4.69, 9.17) is 12.2 Å². The van der Waals surface area contributed by atoms with Gasteiger partial charge in [0.2, 0.25) is 0 Å². The summed E-state index contributed by atoms with van der Waals surface area (Å²) in [5.41, 5.74) is 0.968. The van der Waals surface area contributed by atoms with Crippen molar-refractivity contribution in [2.75, 3.05) is 14.1 Å². The molecule has 2 heterocycles. The topological polar surface area (TPSA) is 49.7 Å². The van der Waals surface area contributed by atoms with Gasteiger partial charge in [0.15, 0.2) is 10.6 Å². The van der Waals surface area contributed by atoms with Crippen molar-refractivity contribution in [2.24, 2.45) is 0 Å². The van der Waals surface area contributed by atoms with Gasteiger partial charge in [0.1, 0.15) is 0 Å². The Balaban J connectivity index is 2.37. The average molecular weight is 263 g/mol. The maximum atomic E-state index is 5.28. The lowest BCUT2D eigenvalue weighted by molar-refractivity contribution is 0.283. The molecule has 0 saturated heterocycles. The molecule has 6 heteroatoms. The number of hydrogen-bond donors (Lipinski definition) is 1. The van der Waals surface area contributed by atoms with Crippen LogP contribution in [0.5, 0.6) is 0 Å². The van der Waals surface area contributed by atoms with E-state index < -0.39 is 0 Å². The first-order valence-corrected chi connectivity index (χ1v) is 6.22. The van der Waals surface area contributed by atoms with Gasteiger partial charge in [-0.1, -0.05) is 0 Å². The first-order chi connectivity index (χ1) is 8.59. The summed E-state index contributed by atoms with van der Waals surface area (Å²) in [4.78, 5) is 6.27. The van der Waals surface area contributed by atoms with Gasteiger partial charge < -0.3 is 4.90 Å². The van der Waals surface area contributed by atoms with E-state index in [1.165, 1.54) is 0 Å². The number of H-pyrrole nitrogens is 1. The molecule has 0 aliphatic carbocycles. The van der Waals surface area contributed by atoms with Crippen LogP contribution in [0.3, 0.4) is 0 Å². The first-order valence-electron chi connectivity index (χ1n) is 5.81. The Kier molecular flexibility index (Phi) is 3.88. The van der Waals surface area contributed by atoms with Gasteiger partial charge in [-0.05, 0) is 45.4 Å². The first kappa shape index (κ1) is 12.9. The Morgan fingerprint density at radius 2 is 2.28 bits per heavy atom. The van der Waals surface area contributed by atoms with Gasteiger partial charge in [0.05, 0.1) is 0 Å². The van der Waals surface area contributed by atoms with Crippen LogP contribution in [0.2, 0.25) is 0 Å². The smallest absolute Gasteiger partial charge is 0.195 e. The second-order valence-corrected chi connectivity index (χ2v) is 4.90. The van der Waals surface area contributed by atoms with Crippen LogP contribution in [-0.4, -0.2) is 44.8 Å². The zero-order valence-electron chi connectivity index (χ0n) is 10.8. The SMILES string of the molecule is CC(Cn1c(-c2cccnc2)n[nH]c1=S)N(C)C. The molecule has 1 unspecified atom stereocenters. The summed E-state index contributed by atoms with van der Waals surface area (Å²) in [7, 11) is 4.11. The summed E-state index contributed by atoms with van der Waals surface area (Å²) < 4.78 is 2.65. The van der Waals surface area contributed by atoms with E-state index in [0.717, 1.165) is 17.9 Å². The molecule has 5 nitrogen and oxygen atoms in total. The lowest BCUT2D eigenvalue weighted by atomic mass is 10.2. The predicted molar refractivity (Wildman–Crippen MR) is 73.8 cm³/mol. The molecule has 0 aliphatic heterocycles. The van der Waals surface area contributed by atoms with E-state index >= 15 is 0 Å². The molecule has 0 amide bonds. The van der Waals surface area contributed by atoms with Gasteiger partial charge in [-0.25, -0.2) is 0 Å². The molecule has 0 saturated carbocycles. The minimum atomic E-state index is 0.379. The molecule has 0 aromatic carbocycles. The van der Waals surface area contributed by atoms with Crippen LogP contribution in [0.4, 0.5) is 0 Å². The predicted octanol–water partition coefficient (Wildman–Crippen LogP) is 1.95. The summed E-state index contributed by atoms with van der Waals surface area (Å²) in [5.74, 6) is 0.835. The molecular weight excluding hydrogens is 246 g/mol. The highest BCUT2D eigenvalue weighted by Gasteiger charge is 2.12. The van der Waals surface area contributed by atoms with E-state index in [0.29, 0.717) is 10.8 Å². The van der Waals surface area contributed by atoms with Crippen LogP contribution in [0.25, 0.3) is 11.4 Å². The van der Waals surface area contributed by atoms with Crippen molar-refractivity contribution in [3.8, 4) is 11.4 Å². The van der Waals surface area contributed by atoms with Crippen molar-refractivity contribution >= 4 is 12.2 Å². The van der Waals surface area contributed by atoms with Crippen LogP contribution in [0.1, 0.15) is 6.92 Å². The molecule has 0 fully saturated rings. The fourth-order valence-electron chi connectivity index (χ4n) is 1.63. The van der Waals surface area contributed by atoms with Crippen molar-refractivity contribution in [1.29, 1.82) is 0 Å². The fraction of sp³-hybridized carbons (Fsp3) is 0.417. The van der Waals surface area contributed by atoms with Gasteiger partial charge >= 0.3 is 0 Å². The van der Waals surface area contributed by atoms with E-state index in [2.05, 4.69) is 41.1 Å². The van der Waals surface area contributed by atoms with Crippen LogP contribution >= 0.6 is 12.2 Å². The van der Waals surface area contributed by atoms with Gasteiger partial charge in [0.25, 0.3) is 0 Å². The summed E-state index contributed by atoms with van der Waals surface area (Å²) in [6.45, 7) is 2.95. The van der Waals surface area contributed by atoms with Crippen LogP contribution in [0.15, 0.2) is 24.5 Å². The number of aromatic amines is 1. The standard InChI is InChI=1S/C12H17N5S/c1-9(16(2)3)8-17-11(14-15-12(17)18)10-5-4-6-13-7-10/h4-7,9H,8H2,1-3H3,(H,15,18). The second-order valence-electron chi connectivity index (χ2n) is 4.52. The Bertz CT molecular complexity index is 557. The number of rotatable bonds is 4. The molecule has 0 radical (unpaired) electrons. The number of aromatic nitrogens is 4. The number of nitrogens with one attached hydrogen (secondary N) is 1. The zero-order chi connectivity index (χ0) is 13.1. The molecular formula is C12H17N5S. The monoisotopic (exact) mass is 263 g/mol. The lowest BCUT2D eigenvalue weighted by Gasteiger charge is -2.20. The molecule has 0 spiro atoms. The van der Waals surface area contributed by atoms with E-state index in [9.17, 15) is 0 Å². The Morgan fingerprint density at radius 3 is 2.89 bits per heavy atom. The lowest BCUT2D eigenvalue weighted by Crippen LogP contribution is -2.29. The molecule has 2 rings (SSSR count). The zero-order valence-corrected chi connectivity index (χ0v) is 11.6. The molecule has 2 aromatic rings. The maximum absolute atomic E-state index is 5.28. The molecule has 96 valence electrons. The van der Waals surface area contributed by atoms with Gasteiger partial charge in [-0.3, -0.25) is 14.6 Å². The van der Waals surface area contributed by atoms with Crippen molar-refractivity contribution in [2.45, 2.75) is 19.5 Å². The summed E-state index contributed by atoms with van der Waals surface area (Å²) in [6.07, 6.45) is 3.54. The number of likely N-dealkylation sites (N-methyl/N-ethyl adjacent to an activating group) is 1. The third-order valence-electron chi connectivity index (χ3n) is 3.01. The van der Waals surface area contributed by atoms with Gasteiger partial charge in [-0.15, -0.1) is 0 Å². The summed E-state index contributed by atoms with van der Waals surface area (Å²) >= 11 is 5.28. The quantitative estimate of drug-likeness (QED) is 0.857. The molecule has 1 N–H and O–H groups in total. The van der Waals surface area contributed by atoms with Crippen LogP contribution < -0.4 is 0 Å². The van der Waals surface area contributed by atoms with E-state index in [1.807, 2.05) is 16.7 Å². The van der Waals surface area contributed by atoms with E-state index in [1.54, 1.807) is 12.4 Å². The summed E-state index contributed by atoms with van der Waals surface area (Å²) in [6, 6.07) is 4.26. The van der Waals surface area contributed by atoms with Gasteiger partial charge in [-0.2, -0.15) is 5.10 Å². The normalized spacial score (nSPS) is 12.9. The number of nitrogens with zero attached hydrogens (tertiary/aromatic N) is 4. The maximum Gasteiger partial charge on any atom is 0.195 e. The molecule has 18 heavy (non-hydrogen) atoms. The van der Waals surface area contributed by atoms with Crippen molar-refractivity contribution < 1.29 is 0 Å². The average Bonchev–Trinajstić information content (AvgIpc) is 2.72. The largest absolute Gasteiger partial charge is 0.305 e. The minimum Gasteiger partial charge on any atom is -0.305 e.